The second-order valence-electron chi connectivity index (χ2n) is 7.19. The van der Waals surface area contributed by atoms with E-state index in [1.54, 1.807) is 6.92 Å². The third kappa shape index (κ3) is 4.34. The highest BCUT2D eigenvalue weighted by Gasteiger charge is 2.41. The number of carbonyl (C=O) groups is 2. The third-order valence-corrected chi connectivity index (χ3v) is 5.62. The highest BCUT2D eigenvalue weighted by Crippen LogP contribution is 2.44. The van der Waals surface area contributed by atoms with Crippen LogP contribution in [0.3, 0.4) is 0 Å². The molecule has 25 heavy (non-hydrogen) atoms. The zero-order valence-corrected chi connectivity index (χ0v) is 15.5. The van der Waals surface area contributed by atoms with Crippen LogP contribution in [-0.4, -0.2) is 24.7 Å². The van der Waals surface area contributed by atoms with E-state index in [2.05, 4.69) is 20.8 Å². The lowest BCUT2D eigenvalue weighted by Crippen LogP contribution is -2.30. The Morgan fingerprint density at radius 1 is 1.28 bits per heavy atom. The van der Waals surface area contributed by atoms with E-state index < -0.39 is 18.1 Å². The molecule has 0 unspecified atom stereocenters. The third-order valence-electron chi connectivity index (χ3n) is 4.45. The van der Waals surface area contributed by atoms with Crippen molar-refractivity contribution in [3.63, 3.8) is 0 Å². The number of thiophene rings is 1. The summed E-state index contributed by atoms with van der Waals surface area (Å²) in [5.41, 5.74) is 0.842. The molecule has 0 bridgehead atoms. The first-order valence-corrected chi connectivity index (χ1v) is 8.96. The minimum Gasteiger partial charge on any atom is -0.462 e. The monoisotopic (exact) mass is 377 g/mol. The van der Waals surface area contributed by atoms with E-state index in [0.717, 1.165) is 22.6 Å². The molecule has 140 valence electrons. The van der Waals surface area contributed by atoms with Crippen molar-refractivity contribution >= 4 is 28.2 Å². The summed E-state index contributed by atoms with van der Waals surface area (Å²) in [4.78, 5) is 24.4. The number of ether oxygens (including phenoxy) is 1. The molecule has 1 amide bonds. The Kier molecular flexibility index (Phi) is 5.51. The summed E-state index contributed by atoms with van der Waals surface area (Å²) in [7, 11) is 0. The smallest absolute Gasteiger partial charge is 0.462 e. The summed E-state index contributed by atoms with van der Waals surface area (Å²) >= 11 is 1.05. The van der Waals surface area contributed by atoms with E-state index in [0.29, 0.717) is 24.3 Å². The van der Waals surface area contributed by atoms with Crippen LogP contribution in [0, 0.1) is 11.3 Å². The summed E-state index contributed by atoms with van der Waals surface area (Å²) in [6.45, 7) is 8.10. The van der Waals surface area contributed by atoms with E-state index in [1.165, 1.54) is 0 Å². The molecule has 2 rings (SSSR count). The average molecular weight is 377 g/mol. The van der Waals surface area contributed by atoms with Crippen molar-refractivity contribution in [3.05, 3.63) is 16.0 Å². The second kappa shape index (κ2) is 6.97. The number of hydrogen-bond acceptors (Lipinski definition) is 4. The maximum absolute atomic E-state index is 12.6. The molecule has 0 saturated carbocycles. The summed E-state index contributed by atoms with van der Waals surface area (Å²) in [6, 6.07) is 0. The Morgan fingerprint density at radius 3 is 2.44 bits per heavy atom. The largest absolute Gasteiger partial charge is 0.471 e. The minimum absolute atomic E-state index is 0.0567. The van der Waals surface area contributed by atoms with Gasteiger partial charge in [0.2, 0.25) is 0 Å². The highest BCUT2D eigenvalue weighted by atomic mass is 32.1. The minimum atomic E-state index is -5.01. The molecule has 0 aliphatic heterocycles. The number of rotatable bonds is 3. The Bertz CT molecular complexity index is 674. The van der Waals surface area contributed by atoms with Gasteiger partial charge in [0.15, 0.2) is 0 Å². The molecule has 0 radical (unpaired) electrons. The number of amides is 1. The van der Waals surface area contributed by atoms with Crippen molar-refractivity contribution in [2.75, 3.05) is 11.9 Å². The van der Waals surface area contributed by atoms with E-state index in [1.807, 2.05) is 5.32 Å². The first kappa shape index (κ1) is 19.8. The van der Waals surface area contributed by atoms with Gasteiger partial charge in [0.05, 0.1) is 12.2 Å². The number of esters is 1. The van der Waals surface area contributed by atoms with Gasteiger partial charge in [-0.05, 0) is 43.1 Å². The quantitative estimate of drug-likeness (QED) is 0.785. The Labute approximate surface area is 148 Å². The molecule has 1 aliphatic rings. The number of anilines is 1. The van der Waals surface area contributed by atoms with E-state index >= 15 is 0 Å². The summed E-state index contributed by atoms with van der Waals surface area (Å²) in [5, 5.41) is 1.79. The fraction of sp³-hybridized carbons (Fsp3) is 0.647. The van der Waals surface area contributed by atoms with Gasteiger partial charge in [-0.15, -0.1) is 11.3 Å². The molecule has 1 aromatic heterocycles. The second-order valence-corrected chi connectivity index (χ2v) is 8.29. The topological polar surface area (TPSA) is 55.4 Å². The molecule has 1 atom stereocenters. The van der Waals surface area contributed by atoms with Crippen LogP contribution in [0.5, 0.6) is 0 Å². The average Bonchev–Trinajstić information content (AvgIpc) is 2.82. The molecular formula is C17H22F3NO3S. The van der Waals surface area contributed by atoms with Gasteiger partial charge in [-0.25, -0.2) is 4.79 Å². The molecule has 0 aromatic carbocycles. The van der Waals surface area contributed by atoms with Gasteiger partial charge in [0.25, 0.3) is 0 Å². The molecule has 1 aromatic rings. The van der Waals surface area contributed by atoms with E-state index in [9.17, 15) is 22.8 Å². The van der Waals surface area contributed by atoms with Crippen molar-refractivity contribution in [1.29, 1.82) is 0 Å². The van der Waals surface area contributed by atoms with Crippen LogP contribution in [0.1, 0.15) is 54.9 Å². The standard InChI is InChI=1S/C17H22F3NO3S/c1-5-24-14(22)12-10-7-6-9(16(2,3)4)8-11(10)25-13(12)21-15(23)17(18,19)20/h9H,5-8H2,1-4H3,(H,21,23)/t9-/m1/s1. The number of fused-ring (bicyclic) bond motifs is 1. The fourth-order valence-electron chi connectivity index (χ4n) is 3.01. The predicted molar refractivity (Wildman–Crippen MR) is 89.9 cm³/mol. The van der Waals surface area contributed by atoms with Gasteiger partial charge in [-0.2, -0.15) is 13.2 Å². The Balaban J connectivity index is 2.41. The van der Waals surface area contributed by atoms with Gasteiger partial charge in [0, 0.05) is 4.88 Å². The number of nitrogens with one attached hydrogen (secondary N) is 1. The van der Waals surface area contributed by atoms with Crippen LogP contribution in [0.15, 0.2) is 0 Å². The van der Waals surface area contributed by atoms with Gasteiger partial charge in [0.1, 0.15) is 5.00 Å². The molecule has 1 heterocycles. The SMILES string of the molecule is CCOC(=O)c1c(NC(=O)C(F)(F)F)sc2c1CC[C@@H](C(C)(C)C)C2. The lowest BCUT2D eigenvalue weighted by atomic mass is 9.72. The van der Waals surface area contributed by atoms with Crippen molar-refractivity contribution in [3.8, 4) is 0 Å². The van der Waals surface area contributed by atoms with Crippen molar-refractivity contribution in [1.82, 2.24) is 0 Å². The number of halogens is 3. The fourth-order valence-corrected chi connectivity index (χ4v) is 4.32. The van der Waals surface area contributed by atoms with Crippen LogP contribution in [-0.2, 0) is 22.4 Å². The van der Waals surface area contributed by atoms with Gasteiger partial charge in [-0.3, -0.25) is 4.79 Å². The van der Waals surface area contributed by atoms with Crippen LogP contribution in [0.4, 0.5) is 18.2 Å². The zero-order valence-electron chi connectivity index (χ0n) is 14.7. The Hall–Kier alpha value is -1.57. The normalized spacial score (nSPS) is 17.8. The van der Waals surface area contributed by atoms with Gasteiger partial charge < -0.3 is 10.1 Å². The number of alkyl halides is 3. The van der Waals surface area contributed by atoms with Crippen molar-refractivity contribution in [2.24, 2.45) is 11.3 Å². The van der Waals surface area contributed by atoms with E-state index in [4.69, 9.17) is 4.74 Å². The van der Waals surface area contributed by atoms with Crippen LogP contribution in [0.2, 0.25) is 0 Å². The van der Waals surface area contributed by atoms with Crippen LogP contribution < -0.4 is 5.32 Å². The molecule has 1 aliphatic carbocycles. The molecular weight excluding hydrogens is 355 g/mol. The van der Waals surface area contributed by atoms with Crippen molar-refractivity contribution in [2.45, 2.75) is 53.1 Å². The van der Waals surface area contributed by atoms with Gasteiger partial charge >= 0.3 is 18.1 Å². The predicted octanol–water partition coefficient (Wildman–Crippen LogP) is 4.58. The molecule has 4 nitrogen and oxygen atoms in total. The maximum atomic E-state index is 12.6. The molecule has 8 heteroatoms. The lowest BCUT2D eigenvalue weighted by molar-refractivity contribution is -0.167. The maximum Gasteiger partial charge on any atom is 0.471 e. The van der Waals surface area contributed by atoms with Crippen molar-refractivity contribution < 1.29 is 27.5 Å². The first-order valence-electron chi connectivity index (χ1n) is 8.15. The number of carbonyl (C=O) groups excluding carboxylic acids is 2. The number of hydrogen-bond donors (Lipinski definition) is 1. The van der Waals surface area contributed by atoms with E-state index in [-0.39, 0.29) is 22.6 Å². The first-order chi connectivity index (χ1) is 11.4. The summed E-state index contributed by atoms with van der Waals surface area (Å²) in [5.74, 6) is -2.41. The Morgan fingerprint density at radius 2 is 1.92 bits per heavy atom. The molecule has 0 fully saturated rings. The zero-order chi connectivity index (χ0) is 19.0. The molecule has 0 spiro atoms. The summed E-state index contributed by atoms with van der Waals surface area (Å²) in [6.07, 6.45) is -2.90. The summed E-state index contributed by atoms with van der Waals surface area (Å²) < 4.78 is 42.8. The molecule has 0 saturated heterocycles. The highest BCUT2D eigenvalue weighted by molar-refractivity contribution is 7.17. The van der Waals surface area contributed by atoms with Crippen LogP contribution in [0.25, 0.3) is 0 Å². The van der Waals surface area contributed by atoms with Gasteiger partial charge in [-0.1, -0.05) is 20.8 Å². The lowest BCUT2D eigenvalue weighted by Gasteiger charge is -2.33. The van der Waals surface area contributed by atoms with Crippen LogP contribution >= 0.6 is 11.3 Å². The molecule has 1 N–H and O–H groups in total.